The second-order valence-corrected chi connectivity index (χ2v) is 11.4. The number of nitrogens with zero attached hydrogens (tertiary/aromatic N) is 4. The maximum Gasteiger partial charge on any atom is 0.416 e. The van der Waals surface area contributed by atoms with Crippen LogP contribution in [0.1, 0.15) is 68.1 Å². The first-order chi connectivity index (χ1) is 19.8. The monoisotopic (exact) mass is 583 g/mol. The molecule has 1 aromatic heterocycles. The number of likely N-dealkylation sites (tertiary alicyclic amines) is 1. The number of piperidine rings is 1. The number of carbonyl (C=O) groups is 2. The molecule has 4 rings (SSSR count). The van der Waals surface area contributed by atoms with Gasteiger partial charge in [0.1, 0.15) is 11.4 Å². The average molecular weight is 584 g/mol. The maximum atomic E-state index is 13.8. The van der Waals surface area contributed by atoms with Crippen LogP contribution in [0.25, 0.3) is 0 Å². The summed E-state index contributed by atoms with van der Waals surface area (Å²) in [5.41, 5.74) is -0.596. The molecule has 0 radical (unpaired) electrons. The minimum atomic E-state index is -4.59. The Bertz CT molecular complexity index is 1370. The molecule has 3 aromatic rings. The standard InChI is InChI=1S/C31H36F3N5O3/c1-21(23-9-6-5-7-10-23)36-28-35-16-13-26(37-28)39(27(40)24-11-8-12-25(19-24)31(32,33)34)20-22-14-17-38(18-15-22)29(41)42-30(2,3)4/h5-13,16,19,21-22H,14-15,17-18,20H2,1-4H3,(H,35,36,37)/t21-/m0/s1. The molecule has 2 heterocycles. The van der Waals surface area contributed by atoms with E-state index in [9.17, 15) is 22.8 Å². The van der Waals surface area contributed by atoms with Crippen LogP contribution in [-0.2, 0) is 10.9 Å². The van der Waals surface area contributed by atoms with Crippen LogP contribution in [0, 0.1) is 5.92 Å². The molecule has 1 N–H and O–H groups in total. The van der Waals surface area contributed by atoms with E-state index in [2.05, 4.69) is 15.3 Å². The van der Waals surface area contributed by atoms with Crippen molar-refractivity contribution >= 4 is 23.8 Å². The van der Waals surface area contributed by atoms with Gasteiger partial charge < -0.3 is 15.0 Å². The number of ether oxygens (including phenoxy) is 1. The van der Waals surface area contributed by atoms with Gasteiger partial charge in [-0.25, -0.2) is 9.78 Å². The number of aromatic nitrogens is 2. The Balaban J connectivity index is 1.57. The minimum absolute atomic E-state index is 0.0203. The fourth-order valence-electron chi connectivity index (χ4n) is 4.74. The largest absolute Gasteiger partial charge is 0.444 e. The summed E-state index contributed by atoms with van der Waals surface area (Å²) in [6, 6.07) is 15.5. The van der Waals surface area contributed by atoms with Crippen LogP contribution in [0.2, 0.25) is 0 Å². The zero-order valence-corrected chi connectivity index (χ0v) is 24.2. The van der Waals surface area contributed by atoms with Gasteiger partial charge in [-0.2, -0.15) is 18.2 Å². The third kappa shape index (κ3) is 8.20. The summed E-state index contributed by atoms with van der Waals surface area (Å²) >= 11 is 0. The molecule has 2 aromatic carbocycles. The zero-order chi connectivity index (χ0) is 30.5. The SMILES string of the molecule is C[C@H](Nc1nccc(N(CC2CCN(C(=O)OC(C)(C)C)CC2)C(=O)c2cccc(C(F)(F)F)c2)n1)c1ccccc1. The van der Waals surface area contributed by atoms with Crippen molar-refractivity contribution in [3.8, 4) is 0 Å². The molecule has 1 fully saturated rings. The summed E-state index contributed by atoms with van der Waals surface area (Å²) in [7, 11) is 0. The van der Waals surface area contributed by atoms with Crippen LogP contribution in [0.4, 0.5) is 29.7 Å². The Morgan fingerprint density at radius 3 is 2.38 bits per heavy atom. The molecule has 0 bridgehead atoms. The van der Waals surface area contributed by atoms with Crippen molar-refractivity contribution in [2.24, 2.45) is 5.92 Å². The molecule has 0 aliphatic carbocycles. The summed E-state index contributed by atoms with van der Waals surface area (Å²) < 4.78 is 45.8. The summed E-state index contributed by atoms with van der Waals surface area (Å²) in [4.78, 5) is 38.2. The fraction of sp³-hybridized carbons (Fsp3) is 0.419. The number of rotatable bonds is 7. The molecule has 1 saturated heterocycles. The normalized spacial score (nSPS) is 15.2. The van der Waals surface area contributed by atoms with Gasteiger partial charge in [0.15, 0.2) is 0 Å². The molecule has 0 saturated carbocycles. The topological polar surface area (TPSA) is 87.7 Å². The number of benzene rings is 2. The predicted octanol–water partition coefficient (Wildman–Crippen LogP) is 6.96. The maximum absolute atomic E-state index is 13.8. The molecule has 11 heteroatoms. The molecular formula is C31H36F3N5O3. The Morgan fingerprint density at radius 2 is 1.74 bits per heavy atom. The van der Waals surface area contributed by atoms with E-state index in [-0.39, 0.29) is 35.8 Å². The minimum Gasteiger partial charge on any atom is -0.444 e. The van der Waals surface area contributed by atoms with Crippen LogP contribution in [0.15, 0.2) is 66.9 Å². The summed E-state index contributed by atoms with van der Waals surface area (Å²) in [5.74, 6) is -0.0698. The summed E-state index contributed by atoms with van der Waals surface area (Å²) in [5, 5.41) is 3.23. The van der Waals surface area contributed by atoms with Gasteiger partial charge in [0.2, 0.25) is 5.95 Å². The lowest BCUT2D eigenvalue weighted by Gasteiger charge is -2.35. The number of hydrogen-bond acceptors (Lipinski definition) is 6. The molecule has 0 unspecified atom stereocenters. The van der Waals surface area contributed by atoms with Gasteiger partial charge in [0, 0.05) is 31.4 Å². The highest BCUT2D eigenvalue weighted by Gasteiger charge is 2.33. The molecule has 1 aliphatic rings. The van der Waals surface area contributed by atoms with Crippen molar-refractivity contribution in [1.29, 1.82) is 0 Å². The highest BCUT2D eigenvalue weighted by Crippen LogP contribution is 2.31. The van der Waals surface area contributed by atoms with Crippen molar-refractivity contribution < 1.29 is 27.5 Å². The van der Waals surface area contributed by atoms with Crippen molar-refractivity contribution in [2.45, 2.75) is 58.4 Å². The van der Waals surface area contributed by atoms with Crippen LogP contribution in [-0.4, -0.2) is 52.1 Å². The lowest BCUT2D eigenvalue weighted by atomic mass is 9.96. The molecule has 224 valence electrons. The van der Waals surface area contributed by atoms with Gasteiger partial charge in [-0.15, -0.1) is 0 Å². The van der Waals surface area contributed by atoms with Crippen LogP contribution in [0.5, 0.6) is 0 Å². The van der Waals surface area contributed by atoms with E-state index in [0.717, 1.165) is 17.7 Å². The predicted molar refractivity (Wildman–Crippen MR) is 154 cm³/mol. The van der Waals surface area contributed by atoms with E-state index in [1.165, 1.54) is 23.2 Å². The van der Waals surface area contributed by atoms with Crippen LogP contribution < -0.4 is 10.2 Å². The number of halogens is 3. The van der Waals surface area contributed by atoms with Gasteiger partial charge in [0.05, 0.1) is 11.6 Å². The van der Waals surface area contributed by atoms with E-state index >= 15 is 0 Å². The van der Waals surface area contributed by atoms with Crippen molar-refractivity contribution in [1.82, 2.24) is 14.9 Å². The number of carbonyl (C=O) groups excluding carboxylic acids is 2. The van der Waals surface area contributed by atoms with Gasteiger partial charge >= 0.3 is 12.3 Å². The molecule has 1 aliphatic heterocycles. The van der Waals surface area contributed by atoms with Crippen molar-refractivity contribution in [3.05, 3.63) is 83.6 Å². The Hall–Kier alpha value is -4.15. The quantitative estimate of drug-likeness (QED) is 0.324. The van der Waals surface area contributed by atoms with E-state index in [1.807, 2.05) is 37.3 Å². The van der Waals surface area contributed by atoms with Crippen molar-refractivity contribution in [2.75, 3.05) is 29.9 Å². The third-order valence-electron chi connectivity index (χ3n) is 6.95. The molecule has 8 nitrogen and oxygen atoms in total. The number of nitrogens with one attached hydrogen (secondary N) is 1. The van der Waals surface area contributed by atoms with Gasteiger partial charge in [-0.1, -0.05) is 36.4 Å². The van der Waals surface area contributed by atoms with Crippen LogP contribution >= 0.6 is 0 Å². The lowest BCUT2D eigenvalue weighted by Crippen LogP contribution is -2.45. The van der Waals surface area contributed by atoms with Crippen molar-refractivity contribution in [3.63, 3.8) is 0 Å². The van der Waals surface area contributed by atoms with Gasteiger partial charge in [-0.3, -0.25) is 9.69 Å². The summed E-state index contributed by atoms with van der Waals surface area (Å²) in [6.45, 7) is 8.46. The first kappa shape index (κ1) is 30.8. The Labute approximate surface area is 243 Å². The van der Waals surface area contributed by atoms with Gasteiger partial charge in [-0.05, 0) is 76.3 Å². The van der Waals surface area contributed by atoms with E-state index in [1.54, 1.807) is 31.7 Å². The number of anilines is 2. The summed E-state index contributed by atoms with van der Waals surface area (Å²) in [6.07, 6.45) is -2.29. The highest BCUT2D eigenvalue weighted by molar-refractivity contribution is 6.05. The first-order valence-corrected chi connectivity index (χ1v) is 13.9. The molecular weight excluding hydrogens is 547 g/mol. The Kier molecular flexibility index (Phi) is 9.38. The number of hydrogen-bond donors (Lipinski definition) is 1. The van der Waals surface area contributed by atoms with E-state index < -0.39 is 29.3 Å². The third-order valence-corrected chi connectivity index (χ3v) is 6.95. The van der Waals surface area contributed by atoms with Gasteiger partial charge in [0.25, 0.3) is 5.91 Å². The first-order valence-electron chi connectivity index (χ1n) is 13.9. The molecule has 0 spiro atoms. The highest BCUT2D eigenvalue weighted by atomic mass is 19.4. The molecule has 42 heavy (non-hydrogen) atoms. The smallest absolute Gasteiger partial charge is 0.416 e. The van der Waals surface area contributed by atoms with Crippen LogP contribution in [0.3, 0.4) is 0 Å². The zero-order valence-electron chi connectivity index (χ0n) is 24.2. The van der Waals surface area contributed by atoms with E-state index in [0.29, 0.717) is 25.9 Å². The number of alkyl halides is 3. The molecule has 1 atom stereocenters. The Morgan fingerprint density at radius 1 is 1.05 bits per heavy atom. The molecule has 2 amide bonds. The second-order valence-electron chi connectivity index (χ2n) is 11.4. The second kappa shape index (κ2) is 12.8. The fourth-order valence-corrected chi connectivity index (χ4v) is 4.74. The van der Waals surface area contributed by atoms with E-state index in [4.69, 9.17) is 4.74 Å². The number of amides is 2. The lowest BCUT2D eigenvalue weighted by molar-refractivity contribution is -0.137. The average Bonchev–Trinajstić information content (AvgIpc) is 2.95.